The van der Waals surface area contributed by atoms with Crippen LogP contribution >= 0.6 is 15.9 Å². The maximum atomic E-state index is 11.9. The molecule has 0 unspecified atom stereocenters. The summed E-state index contributed by atoms with van der Waals surface area (Å²) < 4.78 is 28.7. The van der Waals surface area contributed by atoms with Crippen molar-refractivity contribution in [1.82, 2.24) is 0 Å². The van der Waals surface area contributed by atoms with Gasteiger partial charge in [-0.05, 0) is 31.0 Å². The van der Waals surface area contributed by atoms with Gasteiger partial charge >= 0.3 is 5.97 Å². The Morgan fingerprint density at radius 2 is 2.00 bits per heavy atom. The molecule has 7 heteroatoms. The fourth-order valence-corrected chi connectivity index (χ4v) is 3.30. The van der Waals surface area contributed by atoms with Gasteiger partial charge in [0.05, 0.1) is 17.1 Å². The molecule has 20 heavy (non-hydrogen) atoms. The van der Waals surface area contributed by atoms with Gasteiger partial charge in [-0.15, -0.1) is 0 Å². The van der Waals surface area contributed by atoms with Crippen LogP contribution in [-0.4, -0.2) is 32.5 Å². The van der Waals surface area contributed by atoms with E-state index in [0.717, 1.165) is 0 Å². The largest absolute Gasteiger partial charge is 0.461 e. The molecule has 0 aromatic heterocycles. The van der Waals surface area contributed by atoms with Crippen LogP contribution in [0.4, 0.5) is 5.69 Å². The Morgan fingerprint density at radius 3 is 2.60 bits per heavy atom. The summed E-state index contributed by atoms with van der Waals surface area (Å²) in [5, 5.41) is 0. The van der Waals surface area contributed by atoms with Crippen molar-refractivity contribution in [1.29, 1.82) is 0 Å². The Kier molecular flexibility index (Phi) is 6.01. The van der Waals surface area contributed by atoms with Crippen molar-refractivity contribution in [2.24, 2.45) is 0 Å². The van der Waals surface area contributed by atoms with Crippen molar-refractivity contribution in [2.45, 2.75) is 20.3 Å². The normalized spacial score (nSPS) is 11.3. The summed E-state index contributed by atoms with van der Waals surface area (Å²) in [4.78, 5) is 11.9. The Balaban J connectivity index is 2.69. The minimum absolute atomic E-state index is 0.105. The predicted molar refractivity (Wildman–Crippen MR) is 82.5 cm³/mol. The second-order valence-electron chi connectivity index (χ2n) is 4.46. The van der Waals surface area contributed by atoms with E-state index in [0.29, 0.717) is 27.7 Å². The molecule has 0 spiro atoms. The van der Waals surface area contributed by atoms with E-state index in [9.17, 15) is 13.2 Å². The van der Waals surface area contributed by atoms with E-state index >= 15 is 0 Å². The third kappa shape index (κ3) is 4.79. The SMILES string of the molecule is CCCS(=O)(=O)CCOC(=O)c1cc(Br)cc(N)c1C. The van der Waals surface area contributed by atoms with Crippen LogP contribution in [0.1, 0.15) is 29.3 Å². The number of rotatable bonds is 6. The molecule has 0 aliphatic heterocycles. The summed E-state index contributed by atoms with van der Waals surface area (Å²) in [6.07, 6.45) is 0.553. The summed E-state index contributed by atoms with van der Waals surface area (Å²) in [5.74, 6) is -0.620. The van der Waals surface area contributed by atoms with Gasteiger partial charge in [0.1, 0.15) is 6.61 Å². The molecule has 0 saturated heterocycles. The van der Waals surface area contributed by atoms with E-state index in [1.54, 1.807) is 26.0 Å². The second kappa shape index (κ2) is 7.08. The van der Waals surface area contributed by atoms with Gasteiger partial charge in [0.2, 0.25) is 0 Å². The highest BCUT2D eigenvalue weighted by Crippen LogP contribution is 2.23. The van der Waals surface area contributed by atoms with Gasteiger partial charge in [0, 0.05) is 10.2 Å². The second-order valence-corrected chi connectivity index (χ2v) is 7.67. The number of benzene rings is 1. The number of halogens is 1. The fraction of sp³-hybridized carbons (Fsp3) is 0.462. The molecule has 0 fully saturated rings. The Morgan fingerprint density at radius 1 is 1.35 bits per heavy atom. The number of nitrogen functional groups attached to an aromatic ring is 1. The van der Waals surface area contributed by atoms with Crippen LogP contribution in [0.25, 0.3) is 0 Å². The number of carbonyl (C=O) groups excluding carboxylic acids is 1. The van der Waals surface area contributed by atoms with E-state index in [2.05, 4.69) is 15.9 Å². The first-order chi connectivity index (χ1) is 9.26. The van der Waals surface area contributed by atoms with Gasteiger partial charge in [0.15, 0.2) is 9.84 Å². The number of hydrogen-bond acceptors (Lipinski definition) is 5. The molecule has 1 rings (SSSR count). The Labute approximate surface area is 127 Å². The monoisotopic (exact) mass is 363 g/mol. The van der Waals surface area contributed by atoms with Crippen molar-refractivity contribution < 1.29 is 17.9 Å². The van der Waals surface area contributed by atoms with Gasteiger partial charge < -0.3 is 10.5 Å². The third-order valence-electron chi connectivity index (χ3n) is 2.78. The smallest absolute Gasteiger partial charge is 0.338 e. The molecule has 0 aliphatic carbocycles. The van der Waals surface area contributed by atoms with Gasteiger partial charge in [-0.25, -0.2) is 13.2 Å². The average Bonchev–Trinajstić information content (AvgIpc) is 2.33. The van der Waals surface area contributed by atoms with E-state index in [1.165, 1.54) is 0 Å². The van der Waals surface area contributed by atoms with E-state index in [1.807, 2.05) is 0 Å². The summed E-state index contributed by atoms with van der Waals surface area (Å²) in [5.41, 5.74) is 7.20. The standard InChI is InChI=1S/C13H18BrNO4S/c1-3-5-20(17,18)6-4-19-13(16)11-7-10(14)8-12(15)9(11)2/h7-8H,3-6,15H2,1-2H3. The first-order valence-electron chi connectivity index (χ1n) is 6.20. The number of nitrogens with two attached hydrogens (primary N) is 1. The molecule has 0 amide bonds. The number of sulfone groups is 1. The molecule has 2 N–H and O–H groups in total. The molecule has 0 aliphatic rings. The third-order valence-corrected chi connectivity index (χ3v) is 5.05. The van der Waals surface area contributed by atoms with Crippen LogP contribution in [0.15, 0.2) is 16.6 Å². The molecule has 1 aromatic rings. The average molecular weight is 364 g/mol. The molecule has 0 heterocycles. The molecule has 0 saturated carbocycles. The lowest BCUT2D eigenvalue weighted by Crippen LogP contribution is -2.18. The van der Waals surface area contributed by atoms with Crippen molar-refractivity contribution in [2.75, 3.05) is 23.8 Å². The molecule has 1 aromatic carbocycles. The Hall–Kier alpha value is -1.08. The highest BCUT2D eigenvalue weighted by atomic mass is 79.9. The zero-order valence-corrected chi connectivity index (χ0v) is 13.9. The van der Waals surface area contributed by atoms with E-state index in [4.69, 9.17) is 10.5 Å². The topological polar surface area (TPSA) is 86.5 Å². The highest BCUT2D eigenvalue weighted by molar-refractivity contribution is 9.10. The molecule has 0 bridgehead atoms. The van der Waals surface area contributed by atoms with Crippen molar-refractivity contribution in [3.63, 3.8) is 0 Å². The predicted octanol–water partition coefficient (Wildman–Crippen LogP) is 2.32. The zero-order chi connectivity index (χ0) is 15.3. The quantitative estimate of drug-likeness (QED) is 0.618. The number of anilines is 1. The van der Waals surface area contributed by atoms with Crippen LogP contribution < -0.4 is 5.73 Å². The fourth-order valence-electron chi connectivity index (χ4n) is 1.66. The van der Waals surface area contributed by atoms with Crippen molar-refractivity contribution >= 4 is 37.4 Å². The zero-order valence-electron chi connectivity index (χ0n) is 11.5. The summed E-state index contributed by atoms with van der Waals surface area (Å²) in [6, 6.07) is 3.30. The number of esters is 1. The molecule has 0 atom stereocenters. The van der Waals surface area contributed by atoms with Gasteiger partial charge in [-0.3, -0.25) is 0 Å². The van der Waals surface area contributed by atoms with Crippen molar-refractivity contribution in [3.8, 4) is 0 Å². The van der Waals surface area contributed by atoms with Crippen LogP contribution in [0.5, 0.6) is 0 Å². The maximum absolute atomic E-state index is 11.9. The van der Waals surface area contributed by atoms with Crippen LogP contribution in [0, 0.1) is 6.92 Å². The highest BCUT2D eigenvalue weighted by Gasteiger charge is 2.15. The molecular formula is C13H18BrNO4S. The number of hydrogen-bond donors (Lipinski definition) is 1. The number of ether oxygens (including phenoxy) is 1. The first-order valence-corrected chi connectivity index (χ1v) is 8.81. The lowest BCUT2D eigenvalue weighted by molar-refractivity contribution is 0.0528. The van der Waals surface area contributed by atoms with Crippen LogP contribution in [0.2, 0.25) is 0 Å². The minimum atomic E-state index is -3.15. The molecule has 0 radical (unpaired) electrons. The summed E-state index contributed by atoms with van der Waals surface area (Å²) in [7, 11) is -3.15. The van der Waals surface area contributed by atoms with Crippen LogP contribution in [0.3, 0.4) is 0 Å². The van der Waals surface area contributed by atoms with Crippen molar-refractivity contribution in [3.05, 3.63) is 27.7 Å². The number of carbonyl (C=O) groups is 1. The van der Waals surface area contributed by atoms with Gasteiger partial charge in [-0.2, -0.15) is 0 Å². The molecule has 112 valence electrons. The van der Waals surface area contributed by atoms with Crippen LogP contribution in [-0.2, 0) is 14.6 Å². The Bertz CT molecular complexity index is 599. The maximum Gasteiger partial charge on any atom is 0.338 e. The first kappa shape index (κ1) is 17.0. The summed E-state index contributed by atoms with van der Waals surface area (Å²) in [6.45, 7) is 3.36. The summed E-state index contributed by atoms with van der Waals surface area (Å²) >= 11 is 3.25. The lowest BCUT2D eigenvalue weighted by atomic mass is 10.1. The van der Waals surface area contributed by atoms with E-state index in [-0.39, 0.29) is 18.1 Å². The minimum Gasteiger partial charge on any atom is -0.461 e. The van der Waals surface area contributed by atoms with Gasteiger partial charge in [0.25, 0.3) is 0 Å². The van der Waals surface area contributed by atoms with E-state index < -0.39 is 15.8 Å². The molecular weight excluding hydrogens is 346 g/mol. The van der Waals surface area contributed by atoms with Gasteiger partial charge in [-0.1, -0.05) is 22.9 Å². The lowest BCUT2D eigenvalue weighted by Gasteiger charge is -2.10. The molecule has 5 nitrogen and oxygen atoms in total.